The van der Waals surface area contributed by atoms with E-state index in [9.17, 15) is 0 Å². The molecule has 2 aromatic carbocycles. The lowest BCUT2D eigenvalue weighted by Gasteiger charge is -2.38. The van der Waals surface area contributed by atoms with Crippen LogP contribution in [0.3, 0.4) is 0 Å². The monoisotopic (exact) mass is 518 g/mol. The van der Waals surface area contributed by atoms with Gasteiger partial charge in [-0.25, -0.2) is 9.98 Å². The third-order valence-corrected chi connectivity index (χ3v) is 7.60. The minimum absolute atomic E-state index is 0.510. The van der Waals surface area contributed by atoms with E-state index in [0.717, 1.165) is 59.0 Å². The molecule has 2 aromatic rings. The number of nitrogens with zero attached hydrogens (tertiary/aromatic N) is 4. The number of benzene rings is 2. The van der Waals surface area contributed by atoms with Gasteiger partial charge in [-0.1, -0.05) is 112 Å². The van der Waals surface area contributed by atoms with Crippen LogP contribution >= 0.6 is 0 Å². The van der Waals surface area contributed by atoms with Crippen LogP contribution in [0.15, 0.2) is 120 Å². The molecule has 0 atom stereocenters. The van der Waals surface area contributed by atoms with Crippen molar-refractivity contribution in [3.05, 3.63) is 126 Å². The van der Waals surface area contributed by atoms with Crippen LogP contribution in [0.5, 0.6) is 0 Å². The molecule has 0 N–H and O–H groups in total. The molecule has 2 aliphatic heterocycles. The fraction of sp³-hybridized carbons (Fsp3) is 0.314. The van der Waals surface area contributed by atoms with Crippen molar-refractivity contribution in [1.29, 1.82) is 0 Å². The molecule has 1 saturated carbocycles. The first-order valence-corrected chi connectivity index (χ1v) is 14.0. The topological polar surface area (TPSA) is 31.2 Å². The molecule has 0 saturated heterocycles. The Morgan fingerprint density at radius 2 is 1.64 bits per heavy atom. The fourth-order valence-corrected chi connectivity index (χ4v) is 5.20. The molecular weight excluding hydrogens is 476 g/mol. The average molecular weight is 519 g/mol. The number of rotatable bonds is 7. The number of fused-ring (bicyclic) bond motifs is 1. The second-order valence-corrected chi connectivity index (χ2v) is 10.7. The van der Waals surface area contributed by atoms with Crippen LogP contribution in [0.25, 0.3) is 5.57 Å². The second-order valence-electron chi connectivity index (χ2n) is 10.7. The SMILES string of the molecule is C=C1CCN2C=NC(N(C)C3CCCCC3)=C(C(=C)c3ccc(Cc4ccccc4)cc3)C2=N1.C=CC(=C)C. The molecule has 0 aromatic heterocycles. The normalized spacial score (nSPS) is 17.0. The van der Waals surface area contributed by atoms with Crippen LogP contribution in [0.1, 0.15) is 62.1 Å². The van der Waals surface area contributed by atoms with Gasteiger partial charge >= 0.3 is 0 Å². The molecule has 4 nitrogen and oxygen atoms in total. The number of hydrogen-bond acceptors (Lipinski definition) is 4. The Morgan fingerprint density at radius 3 is 2.28 bits per heavy atom. The highest BCUT2D eigenvalue weighted by molar-refractivity contribution is 6.17. The smallest absolute Gasteiger partial charge is 0.145 e. The highest BCUT2D eigenvalue weighted by Gasteiger charge is 2.32. The Bertz CT molecular complexity index is 1290. The summed E-state index contributed by atoms with van der Waals surface area (Å²) >= 11 is 0. The molecule has 0 bridgehead atoms. The van der Waals surface area contributed by atoms with Gasteiger partial charge in [-0.2, -0.15) is 0 Å². The third-order valence-electron chi connectivity index (χ3n) is 7.60. The van der Waals surface area contributed by atoms with Crippen LogP contribution in [-0.4, -0.2) is 41.6 Å². The lowest BCUT2D eigenvalue weighted by Crippen LogP contribution is -2.42. The number of hydrogen-bond donors (Lipinski definition) is 0. The van der Waals surface area contributed by atoms with E-state index >= 15 is 0 Å². The molecule has 1 fully saturated rings. The zero-order chi connectivity index (χ0) is 27.8. The van der Waals surface area contributed by atoms with Gasteiger partial charge in [0.25, 0.3) is 0 Å². The van der Waals surface area contributed by atoms with E-state index in [1.807, 2.05) is 13.3 Å². The Labute approximate surface area is 235 Å². The first kappa shape index (κ1) is 28.1. The molecule has 39 heavy (non-hydrogen) atoms. The number of amidine groups is 1. The summed E-state index contributed by atoms with van der Waals surface area (Å²) in [6.07, 6.45) is 11.8. The van der Waals surface area contributed by atoms with Gasteiger partial charge in [-0.3, -0.25) is 0 Å². The first-order valence-electron chi connectivity index (χ1n) is 14.0. The summed E-state index contributed by atoms with van der Waals surface area (Å²) in [7, 11) is 2.19. The fourth-order valence-electron chi connectivity index (χ4n) is 5.20. The largest absolute Gasteiger partial charge is 0.356 e. The molecular formula is C35H42N4. The van der Waals surface area contributed by atoms with Gasteiger partial charge in [0, 0.05) is 31.8 Å². The summed E-state index contributed by atoms with van der Waals surface area (Å²) in [6, 6.07) is 19.9. The minimum Gasteiger partial charge on any atom is -0.356 e. The predicted molar refractivity (Wildman–Crippen MR) is 168 cm³/mol. The highest BCUT2D eigenvalue weighted by Crippen LogP contribution is 2.35. The molecule has 202 valence electrons. The van der Waals surface area contributed by atoms with Gasteiger partial charge in [-0.15, -0.1) is 0 Å². The molecule has 0 amide bonds. The van der Waals surface area contributed by atoms with E-state index in [0.29, 0.717) is 6.04 Å². The number of aliphatic imine (C=N–C) groups is 2. The Morgan fingerprint density at radius 1 is 1.00 bits per heavy atom. The molecule has 3 aliphatic rings. The standard InChI is InChI=1S/C30H34N4.C5H8/c1-22-18-19-34-21-31-29(33(3)27-12-8-5-9-13-27)28(30(34)32-22)23(2)26-16-14-25(15-17-26)20-24-10-6-4-7-11-24;1-4-5(2)3/h4,6-7,10-11,14-17,21,27H,1-2,5,8-9,12-13,18-20H2,3H3;4H,1-2H2,3H3. The van der Waals surface area contributed by atoms with E-state index < -0.39 is 0 Å². The van der Waals surface area contributed by atoms with Crippen LogP contribution in [0.4, 0.5) is 0 Å². The molecule has 1 aliphatic carbocycles. The molecule has 2 heterocycles. The van der Waals surface area contributed by atoms with Crippen molar-refractivity contribution in [2.45, 2.75) is 57.9 Å². The summed E-state index contributed by atoms with van der Waals surface area (Å²) < 4.78 is 0. The van der Waals surface area contributed by atoms with E-state index in [1.54, 1.807) is 6.08 Å². The molecule has 0 spiro atoms. The second kappa shape index (κ2) is 13.2. The predicted octanol–water partition coefficient (Wildman–Crippen LogP) is 8.18. The van der Waals surface area contributed by atoms with Crippen LogP contribution in [0, 0.1) is 0 Å². The maximum atomic E-state index is 4.95. The van der Waals surface area contributed by atoms with Gasteiger partial charge < -0.3 is 9.80 Å². The van der Waals surface area contributed by atoms with Crippen molar-refractivity contribution in [1.82, 2.24) is 9.80 Å². The quantitative estimate of drug-likeness (QED) is 0.346. The van der Waals surface area contributed by atoms with Crippen molar-refractivity contribution >= 4 is 17.7 Å². The summed E-state index contributed by atoms with van der Waals surface area (Å²) in [6.45, 7) is 18.5. The zero-order valence-electron chi connectivity index (χ0n) is 23.7. The summed E-state index contributed by atoms with van der Waals surface area (Å²) in [5, 5.41) is 0. The van der Waals surface area contributed by atoms with Gasteiger partial charge in [0.05, 0.1) is 11.9 Å². The van der Waals surface area contributed by atoms with E-state index in [1.165, 1.54) is 43.2 Å². The molecule has 0 unspecified atom stereocenters. The Balaban J connectivity index is 0.000000648. The maximum Gasteiger partial charge on any atom is 0.145 e. The van der Waals surface area contributed by atoms with Gasteiger partial charge in [-0.05, 0) is 48.4 Å². The Kier molecular flexibility index (Phi) is 9.54. The van der Waals surface area contributed by atoms with Crippen molar-refractivity contribution in [2.75, 3.05) is 13.6 Å². The molecule has 4 heteroatoms. The highest BCUT2D eigenvalue weighted by atomic mass is 15.3. The first-order chi connectivity index (χ1) is 18.9. The summed E-state index contributed by atoms with van der Waals surface area (Å²) in [5.74, 6) is 1.91. The van der Waals surface area contributed by atoms with Crippen LogP contribution < -0.4 is 0 Å². The van der Waals surface area contributed by atoms with Crippen molar-refractivity contribution < 1.29 is 0 Å². The van der Waals surface area contributed by atoms with E-state index in [4.69, 9.17) is 9.98 Å². The molecule has 0 radical (unpaired) electrons. The van der Waals surface area contributed by atoms with Gasteiger partial charge in [0.2, 0.25) is 0 Å². The van der Waals surface area contributed by atoms with Crippen LogP contribution in [-0.2, 0) is 6.42 Å². The van der Waals surface area contributed by atoms with Crippen LogP contribution in [0.2, 0.25) is 0 Å². The van der Waals surface area contributed by atoms with Crippen molar-refractivity contribution in [3.63, 3.8) is 0 Å². The lowest BCUT2D eigenvalue weighted by molar-refractivity contribution is 0.233. The average Bonchev–Trinajstić information content (AvgIpc) is 2.97. The van der Waals surface area contributed by atoms with E-state index in [2.05, 4.69) is 97.8 Å². The zero-order valence-corrected chi connectivity index (χ0v) is 23.7. The van der Waals surface area contributed by atoms with Gasteiger partial charge in [0.1, 0.15) is 11.7 Å². The summed E-state index contributed by atoms with van der Waals surface area (Å²) in [5.41, 5.74) is 7.67. The van der Waals surface area contributed by atoms with Crippen molar-refractivity contribution in [2.24, 2.45) is 9.98 Å². The minimum atomic E-state index is 0.510. The third kappa shape index (κ3) is 7.14. The van der Waals surface area contributed by atoms with Crippen molar-refractivity contribution in [3.8, 4) is 0 Å². The van der Waals surface area contributed by atoms with E-state index in [-0.39, 0.29) is 0 Å². The van der Waals surface area contributed by atoms with Gasteiger partial charge in [0.15, 0.2) is 0 Å². The summed E-state index contributed by atoms with van der Waals surface area (Å²) in [4.78, 5) is 14.4. The maximum absolute atomic E-state index is 4.95. The Hall–Kier alpha value is -3.92. The number of allylic oxidation sites excluding steroid dienone is 2. The molecule has 5 rings (SSSR count). The lowest BCUT2D eigenvalue weighted by atomic mass is 9.92.